The molecule has 253 valence electrons. The second-order valence-corrected chi connectivity index (χ2v) is 17.7. The number of aromatic nitrogens is 2. The summed E-state index contributed by atoms with van der Waals surface area (Å²) in [5, 5.41) is 13.8. The second-order valence-electron chi connectivity index (χ2n) is 12.9. The number of hydrogen-bond acceptors (Lipinski definition) is 4. The Bertz CT molecular complexity index is 2650. The molecule has 0 aliphatic rings. The van der Waals surface area contributed by atoms with E-state index in [4.69, 9.17) is 16.8 Å². The van der Waals surface area contributed by atoms with Gasteiger partial charge in [-0.25, -0.2) is 0 Å². The summed E-state index contributed by atoms with van der Waals surface area (Å²) in [6.07, 6.45) is 2.41. The molecule has 0 spiro atoms. The van der Waals surface area contributed by atoms with Gasteiger partial charge in [0, 0.05) is 61.2 Å². The fourth-order valence-corrected chi connectivity index (χ4v) is 10.1. The number of aryl methyl sites for hydroxylation is 3. The van der Waals surface area contributed by atoms with Crippen LogP contribution in [-0.2, 0) is 20.1 Å². The van der Waals surface area contributed by atoms with E-state index >= 15 is 0 Å². The Kier molecular flexibility index (Phi) is 7.64. The largest absolute Gasteiger partial charge is 0.501 e. The van der Waals surface area contributed by atoms with Crippen molar-refractivity contribution in [2.24, 2.45) is 0 Å². The molecule has 4 nitrogen and oxygen atoms in total. The predicted octanol–water partition coefficient (Wildman–Crippen LogP) is 9.92. The molecule has 0 saturated heterocycles. The Morgan fingerprint density at radius 3 is 2.24 bits per heavy atom. The summed E-state index contributed by atoms with van der Waals surface area (Å²) in [6.45, 7) is 1.40. The van der Waals surface area contributed by atoms with Crippen LogP contribution < -0.4 is 10.4 Å². The van der Waals surface area contributed by atoms with Gasteiger partial charge in [-0.15, -0.1) is 48.0 Å². The van der Waals surface area contributed by atoms with Gasteiger partial charge in [-0.2, -0.15) is 5.26 Å². The minimum Gasteiger partial charge on any atom is -0.501 e. The van der Waals surface area contributed by atoms with Gasteiger partial charge in [-0.05, 0) is 54.2 Å². The molecule has 0 bridgehead atoms. The first-order valence-corrected chi connectivity index (χ1v) is 18.1. The average Bonchev–Trinajstić information content (AvgIpc) is 3.55. The average molecular weight is 861 g/mol. The van der Waals surface area contributed by atoms with E-state index in [2.05, 4.69) is 67.6 Å². The van der Waals surface area contributed by atoms with Crippen LogP contribution >= 0.6 is 0 Å². The fourth-order valence-electron chi connectivity index (χ4n) is 6.02. The van der Waals surface area contributed by atoms with Crippen LogP contribution in [0.1, 0.15) is 55.4 Å². The van der Waals surface area contributed by atoms with Gasteiger partial charge in [0.25, 0.3) is 0 Å². The van der Waals surface area contributed by atoms with Gasteiger partial charge in [0.15, 0.2) is 0 Å². The van der Waals surface area contributed by atoms with Gasteiger partial charge in [0.05, 0.1) is 17.2 Å². The van der Waals surface area contributed by atoms with Crippen molar-refractivity contribution in [1.29, 1.82) is 5.26 Å². The topological polar surface area (TPSA) is 62.7 Å². The van der Waals surface area contributed by atoms with E-state index in [1.165, 1.54) is 35.6 Å². The summed E-state index contributed by atoms with van der Waals surface area (Å²) in [5.41, 5.74) is 3.07. The van der Waals surface area contributed by atoms with Crippen molar-refractivity contribution < 1.29 is 41.2 Å². The first kappa shape index (κ1) is 26.1. The number of benzene rings is 4. The van der Waals surface area contributed by atoms with Crippen LogP contribution in [0.15, 0.2) is 108 Å². The van der Waals surface area contributed by atoms with Crippen LogP contribution in [0.3, 0.4) is 0 Å². The molecular weight excluding hydrogens is 814 g/mol. The third kappa shape index (κ3) is 6.84. The fraction of sp³-hybridized carbons (Fsp3) is 0.186. The summed E-state index contributed by atoms with van der Waals surface area (Å²) in [4.78, 5) is 8.39. The summed E-state index contributed by atoms with van der Waals surface area (Å²) < 4.78 is 88.4. The molecule has 3 aromatic heterocycles. The molecule has 1 unspecified atom stereocenters. The van der Waals surface area contributed by atoms with Crippen LogP contribution in [0.5, 0.6) is 0 Å². The van der Waals surface area contributed by atoms with Crippen molar-refractivity contribution in [2.75, 3.05) is 0 Å². The summed E-state index contributed by atoms with van der Waals surface area (Å²) in [6, 6.07) is 34.3. The maximum atomic E-state index is 12.7. The predicted molar refractivity (Wildman–Crippen MR) is 200 cm³/mol. The normalized spacial score (nSPS) is 15.8. The Morgan fingerprint density at radius 2 is 1.60 bits per heavy atom. The van der Waals surface area contributed by atoms with Crippen LogP contribution in [0.2, 0.25) is 11.6 Å². The summed E-state index contributed by atoms with van der Waals surface area (Å²) in [5.74, 6) is -0.368. The molecular formula is C43H38FIrN3OSi-2. The number of rotatable bonds is 4. The first-order chi connectivity index (χ1) is 27.1. The van der Waals surface area contributed by atoms with E-state index in [0.717, 1.165) is 22.2 Å². The SMILES string of the molecule is [2H]C([2H])([2H])c1ccc(-c2[c-]cc(F)cc2)nc1.[2H]C([2H])([2H])c1cnc(-c2[c-]ccc3c2oc2c([Si](C)(c4ccccc4)C(C)(C)C)c(C#N)ccc23)cc1C([2H])([2H])[2H].[Ir]. The van der Waals surface area contributed by atoms with Gasteiger partial charge in [-0.3, -0.25) is 4.39 Å². The van der Waals surface area contributed by atoms with E-state index in [1.54, 1.807) is 18.2 Å². The molecule has 0 aliphatic heterocycles. The number of nitrogens with zero attached hydrogens (tertiary/aromatic N) is 3. The van der Waals surface area contributed by atoms with Crippen molar-refractivity contribution >= 4 is 40.4 Å². The van der Waals surface area contributed by atoms with Crippen LogP contribution in [0.4, 0.5) is 4.39 Å². The minimum absolute atomic E-state index is 0. The maximum Gasteiger partial charge on any atom is 0.126 e. The molecule has 0 fully saturated rings. The number of hydrogen-bond donors (Lipinski definition) is 0. The van der Waals surface area contributed by atoms with Gasteiger partial charge in [0.2, 0.25) is 0 Å². The van der Waals surface area contributed by atoms with Crippen molar-refractivity contribution in [3.8, 4) is 28.6 Å². The third-order valence-corrected chi connectivity index (χ3v) is 15.0. The van der Waals surface area contributed by atoms with Gasteiger partial charge < -0.3 is 14.4 Å². The minimum atomic E-state index is -2.66. The zero-order chi connectivity index (χ0) is 42.4. The first-order valence-electron chi connectivity index (χ1n) is 20.1. The number of fused-ring (bicyclic) bond motifs is 3. The van der Waals surface area contributed by atoms with Crippen LogP contribution in [-0.4, -0.2) is 18.0 Å². The Morgan fingerprint density at radius 1 is 0.840 bits per heavy atom. The van der Waals surface area contributed by atoms with E-state index in [-0.39, 0.29) is 53.3 Å². The van der Waals surface area contributed by atoms with Crippen molar-refractivity contribution in [3.63, 3.8) is 0 Å². The quantitative estimate of drug-likeness (QED) is 0.131. The molecule has 50 heavy (non-hydrogen) atoms. The van der Waals surface area contributed by atoms with Gasteiger partial charge in [-0.1, -0.05) is 104 Å². The number of furan rings is 1. The molecule has 1 atom stereocenters. The zero-order valence-corrected chi connectivity index (χ0v) is 31.2. The summed E-state index contributed by atoms with van der Waals surface area (Å²) >= 11 is 0. The molecule has 0 saturated carbocycles. The summed E-state index contributed by atoms with van der Waals surface area (Å²) in [7, 11) is -2.63. The molecule has 0 aliphatic carbocycles. The van der Waals surface area contributed by atoms with Gasteiger partial charge in [0.1, 0.15) is 13.7 Å². The van der Waals surface area contributed by atoms with Crippen molar-refractivity contribution in [1.82, 2.24) is 9.97 Å². The van der Waals surface area contributed by atoms with Crippen molar-refractivity contribution in [2.45, 2.75) is 52.9 Å². The number of halogens is 1. The Balaban J connectivity index is 0.000000307. The Hall–Kier alpha value is -4.73. The number of pyridine rings is 2. The molecule has 4 aromatic carbocycles. The zero-order valence-electron chi connectivity index (χ0n) is 36.8. The molecule has 0 N–H and O–H groups in total. The third-order valence-electron chi connectivity index (χ3n) is 9.05. The van der Waals surface area contributed by atoms with E-state index < -0.39 is 28.6 Å². The number of nitriles is 1. The van der Waals surface area contributed by atoms with E-state index in [9.17, 15) is 9.65 Å². The molecule has 0 amide bonds. The maximum absolute atomic E-state index is 12.7. The van der Waals surface area contributed by atoms with Crippen LogP contribution in [0, 0.1) is 49.8 Å². The smallest absolute Gasteiger partial charge is 0.126 e. The molecule has 1 radical (unpaired) electrons. The van der Waals surface area contributed by atoms with E-state index in [0.29, 0.717) is 33.6 Å². The van der Waals surface area contributed by atoms with Gasteiger partial charge >= 0.3 is 0 Å². The monoisotopic (exact) mass is 861 g/mol. The molecule has 7 rings (SSSR count). The molecule has 3 heterocycles. The van der Waals surface area contributed by atoms with Crippen LogP contribution in [0.25, 0.3) is 44.5 Å². The van der Waals surface area contributed by atoms with E-state index in [1.807, 2.05) is 36.4 Å². The molecule has 7 aromatic rings. The Labute approximate surface area is 321 Å². The molecule has 7 heteroatoms. The standard InChI is InChI=1S/C31H29N2OSi.C12H9FN.Ir/c1-20-17-27(33-19-21(20)2)26-14-10-13-24-25-16-15-22(18-32)30(29(25)34-28(24)26)35(6,31(3,4)5)23-11-8-7-9-12-23;1-9-2-7-12(14-8-9)10-3-5-11(13)6-4-10;/h7-13,15-17,19H,1-6H3;2-3,5-8H,1H3;/q2*-1;/i1D3,2D3;1D3;. The van der Waals surface area contributed by atoms with Crippen molar-refractivity contribution in [3.05, 3.63) is 144 Å². The second kappa shape index (κ2) is 14.6.